The van der Waals surface area contributed by atoms with Crippen molar-refractivity contribution in [2.24, 2.45) is 0 Å². The van der Waals surface area contributed by atoms with E-state index in [9.17, 15) is 0 Å². The van der Waals surface area contributed by atoms with E-state index in [2.05, 4.69) is 33.9 Å². The molecule has 0 radical (unpaired) electrons. The fourth-order valence-electron chi connectivity index (χ4n) is 1.71. The quantitative estimate of drug-likeness (QED) is 0.768. The van der Waals surface area contributed by atoms with Crippen molar-refractivity contribution < 1.29 is 0 Å². The van der Waals surface area contributed by atoms with Crippen molar-refractivity contribution in [1.29, 1.82) is 0 Å². The number of hydrogen-bond donors (Lipinski definition) is 0. The molecule has 0 aliphatic heterocycles. The molecule has 0 unspecified atom stereocenters. The molecule has 1 aromatic heterocycles. The van der Waals surface area contributed by atoms with Gasteiger partial charge in [-0.05, 0) is 52.7 Å². The number of halogens is 1. The maximum atomic E-state index is 4.45. The molecule has 1 saturated carbocycles. The second-order valence-corrected chi connectivity index (χ2v) is 4.53. The van der Waals surface area contributed by atoms with Crippen LogP contribution in [0.1, 0.15) is 43.4 Å². The average Bonchev–Trinajstić information content (AvgIpc) is 2.01. The molecular weight excluding hydrogens is 226 g/mol. The van der Waals surface area contributed by atoms with E-state index in [-0.39, 0.29) is 0 Å². The molecule has 0 N–H and O–H groups in total. The Balaban J connectivity index is 2.24. The normalized spacial score (nSPS) is 17.1. The van der Waals surface area contributed by atoms with E-state index in [0.29, 0.717) is 0 Å². The van der Waals surface area contributed by atoms with Crippen LogP contribution in [0.25, 0.3) is 0 Å². The fraction of sp³-hybridized carbons (Fsp3) is 0.545. The third-order valence-electron chi connectivity index (χ3n) is 2.85. The Morgan fingerprint density at radius 1 is 1.54 bits per heavy atom. The van der Waals surface area contributed by atoms with E-state index >= 15 is 0 Å². The van der Waals surface area contributed by atoms with Crippen LogP contribution in [-0.2, 0) is 6.42 Å². The summed E-state index contributed by atoms with van der Waals surface area (Å²) in [7, 11) is 0. The lowest BCUT2D eigenvalue weighted by Gasteiger charge is -2.25. The van der Waals surface area contributed by atoms with Crippen LogP contribution in [0.4, 0.5) is 0 Å². The maximum Gasteiger partial charge on any atom is 0.0542 e. The molecule has 0 atom stereocenters. The zero-order valence-electron chi connectivity index (χ0n) is 7.89. The van der Waals surface area contributed by atoms with E-state index in [1.54, 1.807) is 0 Å². The molecule has 1 heterocycles. The molecule has 1 aliphatic rings. The SMILES string of the molecule is CCc1ncc(C2CCC2)cc1Br. The van der Waals surface area contributed by atoms with Gasteiger partial charge in [0.2, 0.25) is 0 Å². The van der Waals surface area contributed by atoms with Crippen molar-refractivity contribution in [3.8, 4) is 0 Å². The first-order valence-corrected chi connectivity index (χ1v) is 5.75. The van der Waals surface area contributed by atoms with Gasteiger partial charge in [-0.1, -0.05) is 13.3 Å². The van der Waals surface area contributed by atoms with Crippen molar-refractivity contribution in [1.82, 2.24) is 4.98 Å². The molecule has 2 rings (SSSR count). The summed E-state index contributed by atoms with van der Waals surface area (Å²) in [5.74, 6) is 0.787. The first-order chi connectivity index (χ1) is 6.31. The van der Waals surface area contributed by atoms with Crippen molar-refractivity contribution in [3.63, 3.8) is 0 Å². The van der Waals surface area contributed by atoms with Crippen LogP contribution in [0.15, 0.2) is 16.7 Å². The molecule has 1 nitrogen and oxygen atoms in total. The first kappa shape index (κ1) is 9.20. The van der Waals surface area contributed by atoms with Crippen molar-refractivity contribution >= 4 is 15.9 Å². The average molecular weight is 240 g/mol. The van der Waals surface area contributed by atoms with Crippen LogP contribution in [0.3, 0.4) is 0 Å². The highest BCUT2D eigenvalue weighted by atomic mass is 79.9. The van der Waals surface area contributed by atoms with Gasteiger partial charge in [-0.15, -0.1) is 0 Å². The number of pyridine rings is 1. The number of aryl methyl sites for hydroxylation is 1. The highest BCUT2D eigenvalue weighted by Crippen LogP contribution is 2.37. The number of aromatic nitrogens is 1. The first-order valence-electron chi connectivity index (χ1n) is 4.95. The van der Waals surface area contributed by atoms with Gasteiger partial charge in [0.05, 0.1) is 5.69 Å². The standard InChI is InChI=1S/C11H14BrN/c1-2-11-10(12)6-9(7-13-11)8-4-3-5-8/h6-8H,2-5H2,1H3. The Kier molecular flexibility index (Phi) is 2.68. The second-order valence-electron chi connectivity index (χ2n) is 3.68. The minimum atomic E-state index is 0.787. The summed E-state index contributed by atoms with van der Waals surface area (Å²) in [5, 5.41) is 0. The zero-order valence-corrected chi connectivity index (χ0v) is 9.47. The number of nitrogens with zero attached hydrogens (tertiary/aromatic N) is 1. The summed E-state index contributed by atoms with van der Waals surface area (Å²) in [5.41, 5.74) is 2.58. The van der Waals surface area contributed by atoms with Gasteiger partial charge in [0.15, 0.2) is 0 Å². The summed E-state index contributed by atoms with van der Waals surface area (Å²) >= 11 is 3.57. The Hall–Kier alpha value is -0.370. The zero-order chi connectivity index (χ0) is 9.26. The Labute approximate surface area is 87.7 Å². The lowest BCUT2D eigenvalue weighted by atomic mass is 9.81. The second kappa shape index (κ2) is 3.79. The van der Waals surface area contributed by atoms with Crippen LogP contribution < -0.4 is 0 Å². The molecule has 0 aromatic carbocycles. The van der Waals surface area contributed by atoms with Crippen molar-refractivity contribution in [2.75, 3.05) is 0 Å². The molecule has 0 saturated heterocycles. The third-order valence-corrected chi connectivity index (χ3v) is 3.54. The topological polar surface area (TPSA) is 12.9 Å². The van der Waals surface area contributed by atoms with Crippen molar-refractivity contribution in [2.45, 2.75) is 38.5 Å². The fourth-order valence-corrected chi connectivity index (χ4v) is 2.35. The lowest BCUT2D eigenvalue weighted by molar-refractivity contribution is 0.418. The van der Waals surface area contributed by atoms with Gasteiger partial charge in [-0.25, -0.2) is 0 Å². The monoisotopic (exact) mass is 239 g/mol. The minimum Gasteiger partial charge on any atom is -0.260 e. The predicted molar refractivity (Wildman–Crippen MR) is 57.9 cm³/mol. The van der Waals surface area contributed by atoms with Crippen LogP contribution >= 0.6 is 15.9 Å². The van der Waals surface area contributed by atoms with Gasteiger partial charge in [-0.2, -0.15) is 0 Å². The number of rotatable bonds is 2. The van der Waals surface area contributed by atoms with E-state index < -0.39 is 0 Å². The summed E-state index contributed by atoms with van der Waals surface area (Å²) in [6, 6.07) is 2.25. The Morgan fingerprint density at radius 2 is 2.31 bits per heavy atom. The number of hydrogen-bond acceptors (Lipinski definition) is 1. The molecular formula is C11H14BrN. The molecule has 70 valence electrons. The highest BCUT2D eigenvalue weighted by Gasteiger charge is 2.20. The predicted octanol–water partition coefficient (Wildman–Crippen LogP) is 3.67. The Morgan fingerprint density at radius 3 is 2.77 bits per heavy atom. The van der Waals surface area contributed by atoms with Gasteiger partial charge < -0.3 is 0 Å². The maximum absolute atomic E-state index is 4.45. The van der Waals surface area contributed by atoms with Crippen LogP contribution in [0.2, 0.25) is 0 Å². The molecule has 0 bridgehead atoms. The van der Waals surface area contributed by atoms with E-state index in [0.717, 1.165) is 12.3 Å². The van der Waals surface area contributed by atoms with E-state index in [4.69, 9.17) is 0 Å². The molecule has 0 spiro atoms. The van der Waals surface area contributed by atoms with Crippen LogP contribution in [0, 0.1) is 0 Å². The third kappa shape index (κ3) is 1.78. The Bertz CT molecular complexity index is 305. The molecule has 13 heavy (non-hydrogen) atoms. The summed E-state index contributed by atoms with van der Waals surface area (Å²) in [6.07, 6.45) is 7.13. The highest BCUT2D eigenvalue weighted by molar-refractivity contribution is 9.10. The van der Waals surface area contributed by atoms with Crippen molar-refractivity contribution in [3.05, 3.63) is 28.0 Å². The van der Waals surface area contributed by atoms with Gasteiger partial charge >= 0.3 is 0 Å². The summed E-state index contributed by atoms with van der Waals surface area (Å²) in [4.78, 5) is 4.45. The molecule has 1 aliphatic carbocycles. The minimum absolute atomic E-state index is 0.787. The van der Waals surface area contributed by atoms with Crippen LogP contribution in [-0.4, -0.2) is 4.98 Å². The van der Waals surface area contributed by atoms with Gasteiger partial charge in [0.1, 0.15) is 0 Å². The molecule has 2 heteroatoms. The van der Waals surface area contributed by atoms with Gasteiger partial charge in [-0.3, -0.25) is 4.98 Å². The van der Waals surface area contributed by atoms with Gasteiger partial charge in [0.25, 0.3) is 0 Å². The van der Waals surface area contributed by atoms with E-state index in [1.807, 2.05) is 6.20 Å². The smallest absolute Gasteiger partial charge is 0.0542 e. The molecule has 1 aromatic rings. The van der Waals surface area contributed by atoms with E-state index in [1.165, 1.54) is 35.0 Å². The summed E-state index contributed by atoms with van der Waals surface area (Å²) in [6.45, 7) is 2.14. The summed E-state index contributed by atoms with van der Waals surface area (Å²) < 4.78 is 1.18. The van der Waals surface area contributed by atoms with Crippen LogP contribution in [0.5, 0.6) is 0 Å². The largest absolute Gasteiger partial charge is 0.260 e. The molecule has 0 amide bonds. The van der Waals surface area contributed by atoms with Gasteiger partial charge in [0, 0.05) is 10.7 Å². The molecule has 1 fully saturated rings. The lowest BCUT2D eigenvalue weighted by Crippen LogP contribution is -2.09.